The molecule has 0 saturated carbocycles. The normalized spacial score (nSPS) is 23.6. The van der Waals surface area contributed by atoms with Crippen molar-refractivity contribution in [3.05, 3.63) is 29.8 Å². The van der Waals surface area contributed by atoms with Gasteiger partial charge in [-0.1, -0.05) is 24.3 Å². The lowest BCUT2D eigenvalue weighted by Gasteiger charge is -2.22. The molecule has 0 fully saturated rings. The van der Waals surface area contributed by atoms with Crippen molar-refractivity contribution in [2.75, 3.05) is 6.61 Å². The Bertz CT molecular complexity index is 584. The Kier molecular flexibility index (Phi) is 3.32. The number of fused-ring (bicyclic) bond motifs is 1. The molecule has 1 amide bonds. The van der Waals surface area contributed by atoms with E-state index < -0.39 is 12.2 Å². The first-order chi connectivity index (χ1) is 9.79. The van der Waals surface area contributed by atoms with Gasteiger partial charge in [0.15, 0.2) is 12.2 Å². The summed E-state index contributed by atoms with van der Waals surface area (Å²) in [4.78, 5) is 16.4. The fourth-order valence-corrected chi connectivity index (χ4v) is 2.08. The van der Waals surface area contributed by atoms with Crippen LogP contribution >= 0.6 is 0 Å². The number of amidine groups is 1. The van der Waals surface area contributed by atoms with Gasteiger partial charge in [0, 0.05) is 0 Å². The molecule has 7 heteroatoms. The quantitative estimate of drug-likeness (QED) is 0.858. The highest BCUT2D eigenvalue weighted by Gasteiger charge is 2.37. The summed E-state index contributed by atoms with van der Waals surface area (Å²) in [6, 6.07) is 6.98. The number of rotatable bonds is 4. The van der Waals surface area contributed by atoms with Crippen LogP contribution in [0.25, 0.3) is 0 Å². The number of nitrogens with one attached hydrogen (secondary N) is 2. The lowest BCUT2D eigenvalue weighted by molar-refractivity contribution is -0.122. The van der Waals surface area contributed by atoms with Crippen molar-refractivity contribution < 1.29 is 9.53 Å². The van der Waals surface area contributed by atoms with E-state index in [0.717, 1.165) is 12.0 Å². The molecule has 2 atom stereocenters. The molecular formula is C13H15N5O2. The lowest BCUT2D eigenvalue weighted by Crippen LogP contribution is -2.52. The fraction of sp³-hybridized carbons (Fsp3) is 0.385. The van der Waals surface area contributed by atoms with Crippen molar-refractivity contribution in [3.63, 3.8) is 0 Å². The molecule has 3 rings (SSSR count). The van der Waals surface area contributed by atoms with Crippen LogP contribution in [0.5, 0.6) is 5.75 Å². The van der Waals surface area contributed by atoms with Crippen LogP contribution in [0.2, 0.25) is 0 Å². The number of hydrogen-bond acceptors (Lipinski definition) is 6. The number of hydrogen-bond donors (Lipinski definition) is 2. The van der Waals surface area contributed by atoms with Crippen LogP contribution in [0.1, 0.15) is 18.9 Å². The highest BCUT2D eigenvalue weighted by Crippen LogP contribution is 2.22. The van der Waals surface area contributed by atoms with Gasteiger partial charge >= 0.3 is 0 Å². The molecular weight excluding hydrogens is 258 g/mol. The largest absolute Gasteiger partial charge is 0.493 e. The first kappa shape index (κ1) is 12.6. The lowest BCUT2D eigenvalue weighted by atomic mass is 10.1. The minimum absolute atomic E-state index is 0.185. The van der Waals surface area contributed by atoms with Crippen LogP contribution < -0.4 is 15.5 Å². The Balaban J connectivity index is 1.92. The third-order valence-electron chi connectivity index (χ3n) is 3.06. The smallest absolute Gasteiger partial charge is 0.254 e. The van der Waals surface area contributed by atoms with Gasteiger partial charge in [-0.2, -0.15) is 0 Å². The number of benzene rings is 1. The summed E-state index contributed by atoms with van der Waals surface area (Å²) in [6.07, 6.45) is 0.411. The number of ether oxygens (including phenoxy) is 1. The zero-order valence-electron chi connectivity index (χ0n) is 11.0. The first-order valence-corrected chi connectivity index (χ1v) is 6.56. The molecule has 2 aliphatic heterocycles. The summed E-state index contributed by atoms with van der Waals surface area (Å²) in [5, 5.41) is 10.3. The van der Waals surface area contributed by atoms with Crippen molar-refractivity contribution in [3.8, 4) is 5.75 Å². The second-order valence-corrected chi connectivity index (χ2v) is 4.55. The molecule has 0 saturated heterocycles. The van der Waals surface area contributed by atoms with Gasteiger partial charge in [0.25, 0.3) is 5.91 Å². The van der Waals surface area contributed by atoms with Crippen LogP contribution in [-0.4, -0.2) is 30.6 Å². The molecule has 0 bridgehead atoms. The molecule has 2 aliphatic rings. The molecule has 0 aromatic heterocycles. The molecule has 7 nitrogen and oxygen atoms in total. The number of amides is 1. The number of carbonyl (C=O) groups is 1. The molecule has 20 heavy (non-hydrogen) atoms. The van der Waals surface area contributed by atoms with Gasteiger partial charge in [-0.05, 0) is 18.6 Å². The average Bonchev–Trinajstić information content (AvgIpc) is 2.94. The summed E-state index contributed by atoms with van der Waals surface area (Å²) in [5.74, 6) is 0.996. The van der Waals surface area contributed by atoms with Crippen molar-refractivity contribution >= 4 is 11.7 Å². The zero-order valence-corrected chi connectivity index (χ0v) is 11.0. The molecule has 2 N–H and O–H groups in total. The van der Waals surface area contributed by atoms with E-state index in [0.29, 0.717) is 18.2 Å². The molecule has 0 radical (unpaired) electrons. The van der Waals surface area contributed by atoms with Gasteiger partial charge in [0.2, 0.25) is 0 Å². The third kappa shape index (κ3) is 2.22. The second-order valence-electron chi connectivity index (χ2n) is 4.55. The Labute approximate surface area is 116 Å². The Hall–Kier alpha value is -2.44. The van der Waals surface area contributed by atoms with Gasteiger partial charge in [0.05, 0.1) is 12.2 Å². The third-order valence-corrected chi connectivity index (χ3v) is 3.06. The minimum Gasteiger partial charge on any atom is -0.493 e. The van der Waals surface area contributed by atoms with Gasteiger partial charge in [0.1, 0.15) is 11.6 Å². The summed E-state index contributed by atoms with van der Waals surface area (Å²) >= 11 is 0. The Morgan fingerprint density at radius 1 is 1.35 bits per heavy atom. The van der Waals surface area contributed by atoms with Crippen LogP contribution in [0.3, 0.4) is 0 Å². The maximum atomic E-state index is 12.0. The first-order valence-electron chi connectivity index (χ1n) is 6.56. The predicted molar refractivity (Wildman–Crippen MR) is 72.5 cm³/mol. The molecule has 2 heterocycles. The number of aliphatic imine (C=N–C) groups is 1. The topological polar surface area (TPSA) is 87.4 Å². The fourth-order valence-electron chi connectivity index (χ4n) is 2.08. The van der Waals surface area contributed by atoms with E-state index in [1.54, 1.807) is 0 Å². The van der Waals surface area contributed by atoms with Crippen LogP contribution in [-0.2, 0) is 4.79 Å². The molecule has 104 valence electrons. The predicted octanol–water partition coefficient (Wildman–Crippen LogP) is 1.02. The van der Waals surface area contributed by atoms with Gasteiger partial charge in [-0.3, -0.25) is 10.2 Å². The molecule has 1 aromatic carbocycles. The highest BCUT2D eigenvalue weighted by molar-refractivity contribution is 6.12. The van der Waals surface area contributed by atoms with E-state index in [2.05, 4.69) is 26.1 Å². The van der Waals surface area contributed by atoms with Gasteiger partial charge in [-0.15, -0.1) is 5.11 Å². The number of nitrogens with zero attached hydrogens (tertiary/aromatic N) is 3. The number of para-hydroxylation sites is 1. The molecule has 0 aliphatic carbocycles. The SMILES string of the molecule is CCCOc1ccccc1C1=NC2N=NNC2C(=O)N1. The van der Waals surface area contributed by atoms with Crippen molar-refractivity contribution in [1.82, 2.24) is 10.7 Å². The van der Waals surface area contributed by atoms with E-state index in [1.165, 1.54) is 0 Å². The van der Waals surface area contributed by atoms with Crippen molar-refractivity contribution in [1.29, 1.82) is 0 Å². The molecule has 0 spiro atoms. The van der Waals surface area contributed by atoms with E-state index in [-0.39, 0.29) is 5.91 Å². The van der Waals surface area contributed by atoms with Crippen molar-refractivity contribution in [2.24, 2.45) is 15.3 Å². The highest BCUT2D eigenvalue weighted by atomic mass is 16.5. The summed E-state index contributed by atoms with van der Waals surface area (Å²) in [7, 11) is 0. The maximum Gasteiger partial charge on any atom is 0.254 e. The van der Waals surface area contributed by atoms with Crippen LogP contribution in [0.4, 0.5) is 0 Å². The van der Waals surface area contributed by atoms with E-state index >= 15 is 0 Å². The summed E-state index contributed by atoms with van der Waals surface area (Å²) in [6.45, 7) is 2.66. The second kappa shape index (κ2) is 5.28. The summed E-state index contributed by atoms with van der Waals surface area (Å²) < 4.78 is 5.68. The van der Waals surface area contributed by atoms with Crippen LogP contribution in [0.15, 0.2) is 39.6 Å². The Morgan fingerprint density at radius 3 is 3.05 bits per heavy atom. The van der Waals surface area contributed by atoms with Gasteiger partial charge < -0.3 is 10.1 Å². The van der Waals surface area contributed by atoms with E-state index in [4.69, 9.17) is 4.74 Å². The zero-order chi connectivity index (χ0) is 13.9. The average molecular weight is 273 g/mol. The van der Waals surface area contributed by atoms with E-state index in [9.17, 15) is 4.79 Å². The Morgan fingerprint density at radius 2 is 2.20 bits per heavy atom. The maximum absolute atomic E-state index is 12.0. The van der Waals surface area contributed by atoms with E-state index in [1.807, 2.05) is 31.2 Å². The van der Waals surface area contributed by atoms with Crippen LogP contribution in [0, 0.1) is 0 Å². The minimum atomic E-state index is -0.512. The standard InChI is InChI=1S/C13H15N5O2/c1-2-7-20-9-6-4-3-5-8(9)11-14-12-10(13(19)15-11)16-18-17-12/h3-6,10,12H,2,7H2,1H3,(H,16,17)(H,14,15,19). The van der Waals surface area contributed by atoms with Gasteiger partial charge in [-0.25, -0.2) is 4.99 Å². The summed E-state index contributed by atoms with van der Waals surface area (Å²) in [5.41, 5.74) is 3.40. The number of carbonyl (C=O) groups excluding carboxylic acids is 1. The molecule has 2 unspecified atom stereocenters. The molecule has 1 aromatic rings. The monoisotopic (exact) mass is 273 g/mol. The van der Waals surface area contributed by atoms with Crippen molar-refractivity contribution in [2.45, 2.75) is 25.6 Å².